The Morgan fingerprint density at radius 2 is 1.68 bits per heavy atom. The molecule has 186 valence electrons. The number of hydrogen-bond acceptors (Lipinski definition) is 3. The smallest absolute Gasteiger partial charge is 0.217 e. The highest BCUT2D eigenvalue weighted by Crippen LogP contribution is 2.37. The van der Waals surface area contributed by atoms with Gasteiger partial charge in [-0.15, -0.1) is 0 Å². The van der Waals surface area contributed by atoms with E-state index >= 15 is 0 Å². The first-order valence-corrected chi connectivity index (χ1v) is 12.4. The summed E-state index contributed by atoms with van der Waals surface area (Å²) in [6.45, 7) is 6.06. The van der Waals surface area contributed by atoms with Gasteiger partial charge in [0.15, 0.2) is 0 Å². The van der Waals surface area contributed by atoms with Gasteiger partial charge < -0.3 is 15.7 Å². The molecule has 0 heterocycles. The summed E-state index contributed by atoms with van der Waals surface area (Å²) in [5.74, 6) is -1.08. The van der Waals surface area contributed by atoms with Crippen molar-refractivity contribution < 1.29 is 18.7 Å². The fourth-order valence-corrected chi connectivity index (χ4v) is 5.16. The summed E-state index contributed by atoms with van der Waals surface area (Å²) in [6, 6.07) is 11.3. The first kappa shape index (κ1) is 26.3. The molecule has 0 aliphatic heterocycles. The van der Waals surface area contributed by atoms with Gasteiger partial charge in [0.1, 0.15) is 11.6 Å². The minimum absolute atomic E-state index is 0.133. The number of amides is 1. The number of nitrogens with one attached hydrogen (secondary N) is 2. The van der Waals surface area contributed by atoms with Crippen molar-refractivity contribution in [3.8, 4) is 0 Å². The summed E-state index contributed by atoms with van der Waals surface area (Å²) >= 11 is 0. The van der Waals surface area contributed by atoms with E-state index in [1.807, 2.05) is 0 Å². The molecule has 3 N–H and O–H groups in total. The molecular weight excluding hydrogens is 434 g/mol. The first-order valence-electron chi connectivity index (χ1n) is 12.4. The highest BCUT2D eigenvalue weighted by Gasteiger charge is 2.35. The van der Waals surface area contributed by atoms with E-state index in [0.29, 0.717) is 11.5 Å². The average Bonchev–Trinajstić information content (AvgIpc) is 2.76. The number of aliphatic hydroxyl groups excluding tert-OH is 1. The fourth-order valence-electron chi connectivity index (χ4n) is 5.16. The monoisotopic (exact) mass is 472 g/mol. The van der Waals surface area contributed by atoms with E-state index in [-0.39, 0.29) is 24.4 Å². The Balaban J connectivity index is 1.78. The largest absolute Gasteiger partial charge is 0.390 e. The molecule has 2 aromatic rings. The van der Waals surface area contributed by atoms with Crippen molar-refractivity contribution >= 4 is 5.91 Å². The molecule has 0 radical (unpaired) electrons. The van der Waals surface area contributed by atoms with Crippen LogP contribution in [0.25, 0.3) is 0 Å². The van der Waals surface area contributed by atoms with Gasteiger partial charge in [-0.3, -0.25) is 4.79 Å². The summed E-state index contributed by atoms with van der Waals surface area (Å²) in [6.07, 6.45) is 5.58. The molecule has 6 heteroatoms. The summed E-state index contributed by atoms with van der Waals surface area (Å²) in [4.78, 5) is 11.8. The quantitative estimate of drug-likeness (QED) is 0.455. The van der Waals surface area contributed by atoms with Gasteiger partial charge in [-0.2, -0.15) is 0 Å². The van der Waals surface area contributed by atoms with Crippen LogP contribution in [0.3, 0.4) is 0 Å². The zero-order chi connectivity index (χ0) is 24.7. The van der Waals surface area contributed by atoms with Crippen LogP contribution in [0.1, 0.15) is 69.6 Å². The highest BCUT2D eigenvalue weighted by atomic mass is 19.1. The SMILES string of the molecule is CC(=O)N[C@@H](Cc1cc(F)cc(F)c1)[C@H](O)CNC1(c2cccc(CC(C)C)c2)CCCCC1. The Labute approximate surface area is 202 Å². The van der Waals surface area contributed by atoms with Gasteiger partial charge in [0.05, 0.1) is 12.1 Å². The number of hydrogen-bond donors (Lipinski definition) is 3. The van der Waals surface area contributed by atoms with Gasteiger partial charge >= 0.3 is 0 Å². The molecule has 0 saturated heterocycles. The maximum Gasteiger partial charge on any atom is 0.217 e. The summed E-state index contributed by atoms with van der Waals surface area (Å²) in [7, 11) is 0. The molecule has 3 rings (SSSR count). The molecule has 2 aromatic carbocycles. The van der Waals surface area contributed by atoms with Crippen molar-refractivity contribution in [2.45, 2.75) is 83.4 Å². The lowest BCUT2D eigenvalue weighted by atomic mass is 9.75. The van der Waals surface area contributed by atoms with Crippen LogP contribution in [0.2, 0.25) is 0 Å². The van der Waals surface area contributed by atoms with Crippen molar-refractivity contribution in [3.63, 3.8) is 0 Å². The van der Waals surface area contributed by atoms with Crippen LogP contribution < -0.4 is 10.6 Å². The maximum absolute atomic E-state index is 13.7. The molecule has 0 spiro atoms. The highest BCUT2D eigenvalue weighted by molar-refractivity contribution is 5.73. The summed E-state index contributed by atoms with van der Waals surface area (Å²) < 4.78 is 27.4. The zero-order valence-corrected chi connectivity index (χ0v) is 20.5. The van der Waals surface area contributed by atoms with Gasteiger partial charge in [0.2, 0.25) is 5.91 Å². The molecule has 2 atom stereocenters. The van der Waals surface area contributed by atoms with Crippen LogP contribution in [0.4, 0.5) is 8.78 Å². The van der Waals surface area contributed by atoms with Crippen molar-refractivity contribution in [1.82, 2.24) is 10.6 Å². The normalized spacial score (nSPS) is 17.4. The molecule has 4 nitrogen and oxygen atoms in total. The first-order chi connectivity index (χ1) is 16.2. The lowest BCUT2D eigenvalue weighted by Gasteiger charge is -2.40. The summed E-state index contributed by atoms with van der Waals surface area (Å²) in [5.41, 5.74) is 2.70. The maximum atomic E-state index is 13.7. The van der Waals surface area contributed by atoms with E-state index in [1.165, 1.54) is 36.6 Å². The molecule has 1 amide bonds. The third-order valence-electron chi connectivity index (χ3n) is 6.71. The lowest BCUT2D eigenvalue weighted by molar-refractivity contribution is -0.120. The van der Waals surface area contributed by atoms with E-state index < -0.39 is 23.8 Å². The number of rotatable bonds is 10. The number of aliphatic hydroxyl groups is 1. The van der Waals surface area contributed by atoms with E-state index in [4.69, 9.17) is 0 Å². The number of carbonyl (C=O) groups is 1. The molecule has 0 unspecified atom stereocenters. The zero-order valence-electron chi connectivity index (χ0n) is 20.5. The van der Waals surface area contributed by atoms with Gasteiger partial charge in [0, 0.05) is 25.1 Å². The Morgan fingerprint density at radius 3 is 2.29 bits per heavy atom. The predicted octanol–water partition coefficient (Wildman–Crippen LogP) is 5.02. The van der Waals surface area contributed by atoms with Gasteiger partial charge in [0.25, 0.3) is 0 Å². The fraction of sp³-hybridized carbons (Fsp3) is 0.536. The Bertz CT molecular complexity index is 937. The van der Waals surface area contributed by atoms with E-state index in [2.05, 4.69) is 48.7 Å². The summed E-state index contributed by atoms with van der Waals surface area (Å²) in [5, 5.41) is 17.5. The standard InChI is InChI=1S/C28H38F2N2O2/c1-19(2)12-21-8-7-9-23(13-21)28(10-5-4-6-11-28)31-18-27(34)26(32-20(3)33)16-22-14-24(29)17-25(30)15-22/h7-9,13-15,17,19,26-27,31,34H,4-6,10-12,16,18H2,1-3H3,(H,32,33)/t26-,27+/m0/s1. The molecular formula is C28H38F2N2O2. The molecule has 1 fully saturated rings. The molecule has 1 aliphatic rings. The third-order valence-corrected chi connectivity index (χ3v) is 6.71. The number of halogens is 2. The van der Waals surface area contributed by atoms with Crippen LogP contribution in [0.15, 0.2) is 42.5 Å². The molecule has 1 aliphatic carbocycles. The van der Waals surface area contributed by atoms with E-state index in [1.54, 1.807) is 0 Å². The van der Waals surface area contributed by atoms with E-state index in [0.717, 1.165) is 38.2 Å². The topological polar surface area (TPSA) is 61.4 Å². The second-order valence-corrected chi connectivity index (χ2v) is 10.2. The second kappa shape index (κ2) is 11.9. The Hall–Kier alpha value is -2.31. The van der Waals surface area contributed by atoms with Crippen LogP contribution in [0.5, 0.6) is 0 Å². The Kier molecular flexibility index (Phi) is 9.20. The van der Waals surface area contributed by atoms with Crippen molar-refractivity contribution in [2.75, 3.05) is 6.54 Å². The predicted molar refractivity (Wildman–Crippen MR) is 131 cm³/mol. The van der Waals surface area contributed by atoms with Crippen LogP contribution in [0, 0.1) is 17.6 Å². The number of benzene rings is 2. The minimum atomic E-state index is -0.923. The second-order valence-electron chi connectivity index (χ2n) is 10.2. The Morgan fingerprint density at radius 1 is 1.00 bits per heavy atom. The van der Waals surface area contributed by atoms with Crippen LogP contribution >= 0.6 is 0 Å². The van der Waals surface area contributed by atoms with Crippen molar-refractivity contribution in [2.24, 2.45) is 5.92 Å². The minimum Gasteiger partial charge on any atom is -0.390 e. The average molecular weight is 473 g/mol. The van der Waals surface area contributed by atoms with E-state index in [9.17, 15) is 18.7 Å². The number of carbonyl (C=O) groups excluding carboxylic acids is 1. The van der Waals surface area contributed by atoms with Crippen molar-refractivity contribution in [3.05, 3.63) is 70.8 Å². The molecule has 34 heavy (non-hydrogen) atoms. The third kappa shape index (κ3) is 7.34. The van der Waals surface area contributed by atoms with Crippen LogP contribution in [-0.2, 0) is 23.2 Å². The van der Waals surface area contributed by atoms with Gasteiger partial charge in [-0.25, -0.2) is 8.78 Å². The molecule has 1 saturated carbocycles. The molecule has 0 bridgehead atoms. The van der Waals surface area contributed by atoms with Gasteiger partial charge in [-0.1, -0.05) is 57.4 Å². The van der Waals surface area contributed by atoms with Gasteiger partial charge in [-0.05, 0) is 60.4 Å². The molecule has 0 aromatic heterocycles. The van der Waals surface area contributed by atoms with Crippen molar-refractivity contribution in [1.29, 1.82) is 0 Å². The lowest BCUT2D eigenvalue weighted by Crippen LogP contribution is -2.53. The van der Waals surface area contributed by atoms with Crippen LogP contribution in [-0.4, -0.2) is 29.7 Å².